The summed E-state index contributed by atoms with van der Waals surface area (Å²) < 4.78 is 5.18. The Morgan fingerprint density at radius 3 is 2.86 bits per heavy atom. The first-order chi connectivity index (χ1) is 10.7. The predicted octanol–water partition coefficient (Wildman–Crippen LogP) is 3.08. The maximum Gasteiger partial charge on any atom is 0.253 e. The van der Waals surface area contributed by atoms with Crippen LogP contribution in [-0.2, 0) is 6.42 Å². The van der Waals surface area contributed by atoms with Crippen molar-refractivity contribution in [3.05, 3.63) is 59.2 Å². The number of hydrogen-bond donors (Lipinski definition) is 2. The van der Waals surface area contributed by atoms with Crippen molar-refractivity contribution in [1.82, 2.24) is 5.32 Å². The van der Waals surface area contributed by atoms with E-state index in [0.717, 1.165) is 19.3 Å². The molecular weight excluding hydrogens is 276 g/mol. The van der Waals surface area contributed by atoms with E-state index in [1.54, 1.807) is 25.3 Å². The molecule has 1 unspecified atom stereocenters. The minimum Gasteiger partial charge on any atom is -0.495 e. The van der Waals surface area contributed by atoms with Crippen LogP contribution < -0.4 is 15.8 Å². The van der Waals surface area contributed by atoms with Crippen LogP contribution in [-0.4, -0.2) is 13.0 Å². The molecule has 0 fully saturated rings. The zero-order valence-electron chi connectivity index (χ0n) is 12.6. The zero-order chi connectivity index (χ0) is 15.5. The first kappa shape index (κ1) is 14.4. The minimum atomic E-state index is -0.155. The number of carbonyl (C=O) groups is 1. The quantitative estimate of drug-likeness (QED) is 0.855. The van der Waals surface area contributed by atoms with Crippen LogP contribution in [0.5, 0.6) is 5.75 Å². The molecule has 0 saturated carbocycles. The van der Waals surface area contributed by atoms with Crippen LogP contribution in [0.4, 0.5) is 5.69 Å². The molecule has 1 aliphatic rings. The summed E-state index contributed by atoms with van der Waals surface area (Å²) in [6, 6.07) is 13.6. The van der Waals surface area contributed by atoms with Gasteiger partial charge in [0.25, 0.3) is 5.91 Å². The Morgan fingerprint density at radius 1 is 1.23 bits per heavy atom. The number of rotatable bonds is 3. The number of nitrogen functional groups attached to an aromatic ring is 1. The number of hydrogen-bond acceptors (Lipinski definition) is 3. The number of fused-ring (bicyclic) bond motifs is 1. The van der Waals surface area contributed by atoms with Gasteiger partial charge in [-0.15, -0.1) is 0 Å². The lowest BCUT2D eigenvalue weighted by Gasteiger charge is -2.26. The van der Waals surface area contributed by atoms with E-state index >= 15 is 0 Å². The van der Waals surface area contributed by atoms with E-state index in [1.165, 1.54) is 11.1 Å². The largest absolute Gasteiger partial charge is 0.495 e. The molecule has 0 aliphatic heterocycles. The van der Waals surface area contributed by atoms with E-state index in [0.29, 0.717) is 17.0 Å². The molecule has 1 aliphatic carbocycles. The number of aryl methyl sites for hydroxylation is 1. The number of para-hydroxylation sites is 1. The second-order valence-electron chi connectivity index (χ2n) is 5.54. The number of benzene rings is 2. The van der Waals surface area contributed by atoms with Crippen LogP contribution in [0, 0.1) is 0 Å². The highest BCUT2D eigenvalue weighted by atomic mass is 16.5. The van der Waals surface area contributed by atoms with Gasteiger partial charge in [-0.1, -0.05) is 30.3 Å². The summed E-state index contributed by atoms with van der Waals surface area (Å²) in [6.45, 7) is 0. The van der Waals surface area contributed by atoms with Gasteiger partial charge in [0.1, 0.15) is 5.75 Å². The van der Waals surface area contributed by atoms with Crippen molar-refractivity contribution >= 4 is 11.6 Å². The summed E-state index contributed by atoms with van der Waals surface area (Å²) in [6.07, 6.45) is 3.10. The molecule has 2 aromatic carbocycles. The number of nitrogens with two attached hydrogens (primary N) is 1. The van der Waals surface area contributed by atoms with Crippen molar-refractivity contribution in [1.29, 1.82) is 0 Å². The van der Waals surface area contributed by atoms with Crippen molar-refractivity contribution in [2.75, 3.05) is 12.8 Å². The fourth-order valence-electron chi connectivity index (χ4n) is 3.06. The smallest absolute Gasteiger partial charge is 0.253 e. The lowest BCUT2D eigenvalue weighted by atomic mass is 9.87. The van der Waals surface area contributed by atoms with Crippen molar-refractivity contribution in [2.24, 2.45) is 0 Å². The highest BCUT2D eigenvalue weighted by Crippen LogP contribution is 2.31. The lowest BCUT2D eigenvalue weighted by Crippen LogP contribution is -2.31. The maximum atomic E-state index is 12.6. The summed E-state index contributed by atoms with van der Waals surface area (Å²) in [5.41, 5.74) is 9.38. The number of nitrogens with one attached hydrogen (secondary N) is 1. The average Bonchev–Trinajstić information content (AvgIpc) is 2.55. The Hall–Kier alpha value is -2.49. The molecule has 4 nitrogen and oxygen atoms in total. The van der Waals surface area contributed by atoms with Gasteiger partial charge in [0, 0.05) is 0 Å². The summed E-state index contributed by atoms with van der Waals surface area (Å²) in [7, 11) is 1.55. The predicted molar refractivity (Wildman–Crippen MR) is 87.0 cm³/mol. The molecule has 0 spiro atoms. The monoisotopic (exact) mass is 296 g/mol. The van der Waals surface area contributed by atoms with Crippen molar-refractivity contribution in [3.63, 3.8) is 0 Å². The molecule has 3 N–H and O–H groups in total. The molecule has 1 amide bonds. The Labute approximate surface area is 130 Å². The number of methoxy groups -OCH3 is 1. The molecule has 0 heterocycles. The molecule has 1 atom stereocenters. The van der Waals surface area contributed by atoms with E-state index in [4.69, 9.17) is 10.5 Å². The second kappa shape index (κ2) is 6.10. The summed E-state index contributed by atoms with van der Waals surface area (Å²) in [5.74, 6) is 0.370. The molecule has 0 saturated heterocycles. The molecule has 4 heteroatoms. The van der Waals surface area contributed by atoms with E-state index < -0.39 is 0 Å². The van der Waals surface area contributed by atoms with Gasteiger partial charge in [0.15, 0.2) is 0 Å². The molecular formula is C18H20N2O2. The molecule has 0 aromatic heterocycles. The van der Waals surface area contributed by atoms with Crippen LogP contribution >= 0.6 is 0 Å². The number of carbonyl (C=O) groups excluding carboxylic acids is 1. The third-order valence-corrected chi connectivity index (χ3v) is 4.21. The summed E-state index contributed by atoms with van der Waals surface area (Å²) in [4.78, 5) is 12.6. The van der Waals surface area contributed by atoms with Gasteiger partial charge in [0.05, 0.1) is 24.4 Å². The number of amides is 1. The maximum absolute atomic E-state index is 12.6. The van der Waals surface area contributed by atoms with Gasteiger partial charge in [-0.05, 0) is 42.5 Å². The Morgan fingerprint density at radius 2 is 2.05 bits per heavy atom. The van der Waals surface area contributed by atoms with Crippen molar-refractivity contribution in [3.8, 4) is 5.75 Å². The van der Waals surface area contributed by atoms with E-state index in [2.05, 4.69) is 17.4 Å². The Bertz CT molecular complexity index is 697. The SMILES string of the molecule is COc1cccc(C(=O)NC2CCCc3ccccc32)c1N. The minimum absolute atomic E-state index is 0.0445. The molecule has 3 rings (SSSR count). The zero-order valence-corrected chi connectivity index (χ0v) is 12.6. The fourth-order valence-corrected chi connectivity index (χ4v) is 3.06. The Kier molecular flexibility index (Phi) is 4.00. The standard InChI is InChI=1S/C18H20N2O2/c1-22-16-11-5-9-14(17(16)19)18(21)20-15-10-4-7-12-6-2-3-8-13(12)15/h2-3,5-6,8-9,11,15H,4,7,10,19H2,1H3,(H,20,21). The third-order valence-electron chi connectivity index (χ3n) is 4.21. The topological polar surface area (TPSA) is 64.3 Å². The van der Waals surface area contributed by atoms with Crippen LogP contribution in [0.1, 0.15) is 40.4 Å². The molecule has 0 radical (unpaired) electrons. The third kappa shape index (κ3) is 2.64. The van der Waals surface area contributed by atoms with Gasteiger partial charge in [-0.3, -0.25) is 4.79 Å². The highest BCUT2D eigenvalue weighted by molar-refractivity contribution is 6.00. The first-order valence-corrected chi connectivity index (χ1v) is 7.52. The number of ether oxygens (including phenoxy) is 1. The molecule has 2 aromatic rings. The Balaban J connectivity index is 1.84. The normalized spacial score (nSPS) is 16.7. The van der Waals surface area contributed by atoms with E-state index in [9.17, 15) is 4.79 Å². The van der Waals surface area contributed by atoms with Crippen molar-refractivity contribution in [2.45, 2.75) is 25.3 Å². The van der Waals surface area contributed by atoms with Gasteiger partial charge in [-0.2, -0.15) is 0 Å². The molecule has 22 heavy (non-hydrogen) atoms. The summed E-state index contributed by atoms with van der Waals surface area (Å²) >= 11 is 0. The van der Waals surface area contributed by atoms with Gasteiger partial charge in [-0.25, -0.2) is 0 Å². The second-order valence-corrected chi connectivity index (χ2v) is 5.54. The molecule has 114 valence electrons. The average molecular weight is 296 g/mol. The van der Waals surface area contributed by atoms with E-state index in [1.807, 2.05) is 12.1 Å². The van der Waals surface area contributed by atoms with E-state index in [-0.39, 0.29) is 11.9 Å². The van der Waals surface area contributed by atoms with Crippen molar-refractivity contribution < 1.29 is 9.53 Å². The van der Waals surface area contributed by atoms with Crippen LogP contribution in [0.25, 0.3) is 0 Å². The van der Waals surface area contributed by atoms with Gasteiger partial charge >= 0.3 is 0 Å². The number of anilines is 1. The van der Waals surface area contributed by atoms with Gasteiger partial charge < -0.3 is 15.8 Å². The van der Waals surface area contributed by atoms with Crippen LogP contribution in [0.2, 0.25) is 0 Å². The van der Waals surface area contributed by atoms with Crippen LogP contribution in [0.15, 0.2) is 42.5 Å². The van der Waals surface area contributed by atoms with Gasteiger partial charge in [0.2, 0.25) is 0 Å². The fraction of sp³-hybridized carbons (Fsp3) is 0.278. The summed E-state index contributed by atoms with van der Waals surface area (Å²) in [5, 5.41) is 3.11. The lowest BCUT2D eigenvalue weighted by molar-refractivity contribution is 0.0933. The highest BCUT2D eigenvalue weighted by Gasteiger charge is 2.23. The van der Waals surface area contributed by atoms with Crippen LogP contribution in [0.3, 0.4) is 0 Å². The molecule has 0 bridgehead atoms. The first-order valence-electron chi connectivity index (χ1n) is 7.52.